The van der Waals surface area contributed by atoms with E-state index < -0.39 is 0 Å². The molecule has 6 heteroatoms. The second-order valence-electron chi connectivity index (χ2n) is 7.18. The summed E-state index contributed by atoms with van der Waals surface area (Å²) in [7, 11) is 1.75. The SMILES string of the molecule is CCNC(=NCC(c1ccccc1OC)N1CCCC1)NC1CC1C.I. The van der Waals surface area contributed by atoms with E-state index in [9.17, 15) is 0 Å². The summed E-state index contributed by atoms with van der Waals surface area (Å²) in [5, 5.41) is 6.95. The zero-order chi connectivity index (χ0) is 17.6. The molecule has 5 nitrogen and oxygen atoms in total. The van der Waals surface area contributed by atoms with Crippen molar-refractivity contribution in [3.63, 3.8) is 0 Å². The highest BCUT2D eigenvalue weighted by Crippen LogP contribution is 2.32. The fraction of sp³-hybridized carbons (Fsp3) is 0.650. The van der Waals surface area contributed by atoms with Crippen LogP contribution in [-0.4, -0.2) is 50.2 Å². The Labute approximate surface area is 175 Å². The molecule has 1 aliphatic carbocycles. The Hall–Kier alpha value is -1.02. The molecule has 1 heterocycles. The van der Waals surface area contributed by atoms with Crippen LogP contribution in [0.15, 0.2) is 29.3 Å². The molecule has 146 valence electrons. The lowest BCUT2D eigenvalue weighted by Crippen LogP contribution is -2.40. The number of rotatable bonds is 7. The minimum absolute atomic E-state index is 0. The molecular formula is C20H33IN4O. The number of nitrogens with one attached hydrogen (secondary N) is 2. The van der Waals surface area contributed by atoms with Gasteiger partial charge in [0.15, 0.2) is 5.96 Å². The molecule has 1 aromatic rings. The van der Waals surface area contributed by atoms with Crippen molar-refractivity contribution in [2.24, 2.45) is 10.9 Å². The molecule has 2 aliphatic rings. The van der Waals surface area contributed by atoms with Crippen molar-refractivity contribution in [1.82, 2.24) is 15.5 Å². The molecular weight excluding hydrogens is 439 g/mol. The van der Waals surface area contributed by atoms with Gasteiger partial charge in [0, 0.05) is 18.2 Å². The number of halogens is 1. The van der Waals surface area contributed by atoms with Crippen molar-refractivity contribution in [3.05, 3.63) is 29.8 Å². The first kappa shape index (κ1) is 21.3. The zero-order valence-electron chi connectivity index (χ0n) is 16.2. The Kier molecular flexibility index (Phi) is 8.47. The number of benzene rings is 1. The first-order chi connectivity index (χ1) is 12.2. The first-order valence-electron chi connectivity index (χ1n) is 9.64. The minimum Gasteiger partial charge on any atom is -0.496 e. The van der Waals surface area contributed by atoms with Crippen molar-refractivity contribution < 1.29 is 4.74 Å². The van der Waals surface area contributed by atoms with Crippen LogP contribution in [-0.2, 0) is 0 Å². The molecule has 0 bridgehead atoms. The van der Waals surface area contributed by atoms with E-state index in [0.717, 1.165) is 43.8 Å². The first-order valence-corrected chi connectivity index (χ1v) is 9.64. The Bertz CT molecular complexity index is 589. The van der Waals surface area contributed by atoms with Gasteiger partial charge in [-0.1, -0.05) is 25.1 Å². The second kappa shape index (κ2) is 10.3. The van der Waals surface area contributed by atoms with Crippen molar-refractivity contribution in [1.29, 1.82) is 0 Å². The van der Waals surface area contributed by atoms with Gasteiger partial charge in [-0.2, -0.15) is 0 Å². The summed E-state index contributed by atoms with van der Waals surface area (Å²) in [6.07, 6.45) is 3.78. The van der Waals surface area contributed by atoms with Crippen molar-refractivity contribution >= 4 is 29.9 Å². The average Bonchev–Trinajstić information content (AvgIpc) is 3.09. The van der Waals surface area contributed by atoms with E-state index in [0.29, 0.717) is 6.04 Å². The van der Waals surface area contributed by atoms with Gasteiger partial charge in [0.2, 0.25) is 0 Å². The predicted molar refractivity (Wildman–Crippen MR) is 119 cm³/mol. The van der Waals surface area contributed by atoms with E-state index >= 15 is 0 Å². The van der Waals surface area contributed by atoms with E-state index in [1.165, 1.54) is 24.8 Å². The summed E-state index contributed by atoms with van der Waals surface area (Å²) < 4.78 is 5.62. The van der Waals surface area contributed by atoms with Gasteiger partial charge < -0.3 is 15.4 Å². The van der Waals surface area contributed by atoms with Gasteiger partial charge in [-0.25, -0.2) is 0 Å². The summed E-state index contributed by atoms with van der Waals surface area (Å²) in [6.45, 7) is 8.31. The van der Waals surface area contributed by atoms with Crippen molar-refractivity contribution in [3.8, 4) is 5.75 Å². The number of guanidine groups is 1. The van der Waals surface area contributed by atoms with Crippen molar-refractivity contribution in [2.45, 2.75) is 45.2 Å². The number of aliphatic imine (C=N–C) groups is 1. The molecule has 3 atom stereocenters. The monoisotopic (exact) mass is 472 g/mol. The Morgan fingerprint density at radius 1 is 1.31 bits per heavy atom. The minimum atomic E-state index is 0. The van der Waals surface area contributed by atoms with Crippen LogP contribution in [0, 0.1) is 5.92 Å². The lowest BCUT2D eigenvalue weighted by Gasteiger charge is -2.28. The summed E-state index contributed by atoms with van der Waals surface area (Å²) >= 11 is 0. The predicted octanol–water partition coefficient (Wildman–Crippen LogP) is 3.41. The maximum absolute atomic E-state index is 5.62. The fourth-order valence-electron chi connectivity index (χ4n) is 3.60. The van der Waals surface area contributed by atoms with Gasteiger partial charge in [-0.3, -0.25) is 9.89 Å². The lowest BCUT2D eigenvalue weighted by molar-refractivity contribution is 0.245. The molecule has 1 aromatic carbocycles. The largest absolute Gasteiger partial charge is 0.496 e. The van der Waals surface area contributed by atoms with Gasteiger partial charge in [-0.05, 0) is 51.3 Å². The van der Waals surface area contributed by atoms with Crippen LogP contribution in [0.5, 0.6) is 5.75 Å². The second-order valence-corrected chi connectivity index (χ2v) is 7.18. The number of nitrogens with zero attached hydrogens (tertiary/aromatic N) is 2. The number of ether oxygens (including phenoxy) is 1. The molecule has 1 saturated carbocycles. The van der Waals surface area contributed by atoms with Crippen LogP contribution >= 0.6 is 24.0 Å². The van der Waals surface area contributed by atoms with Crippen LogP contribution < -0.4 is 15.4 Å². The maximum Gasteiger partial charge on any atom is 0.191 e. The number of para-hydroxylation sites is 1. The van der Waals surface area contributed by atoms with Gasteiger partial charge >= 0.3 is 0 Å². The topological polar surface area (TPSA) is 48.9 Å². The van der Waals surface area contributed by atoms with Gasteiger partial charge in [0.25, 0.3) is 0 Å². The fourth-order valence-corrected chi connectivity index (χ4v) is 3.60. The Morgan fingerprint density at radius 2 is 2.00 bits per heavy atom. The zero-order valence-corrected chi connectivity index (χ0v) is 18.5. The highest BCUT2D eigenvalue weighted by molar-refractivity contribution is 14.0. The van der Waals surface area contributed by atoms with Crippen LogP contribution in [0.4, 0.5) is 0 Å². The third-order valence-electron chi connectivity index (χ3n) is 5.28. The van der Waals surface area contributed by atoms with Crippen LogP contribution in [0.1, 0.15) is 44.7 Å². The molecule has 0 amide bonds. The Morgan fingerprint density at radius 3 is 2.62 bits per heavy atom. The van der Waals surface area contributed by atoms with Gasteiger partial charge in [0.05, 0.1) is 19.7 Å². The lowest BCUT2D eigenvalue weighted by atomic mass is 10.0. The van der Waals surface area contributed by atoms with E-state index in [1.54, 1.807) is 7.11 Å². The highest BCUT2D eigenvalue weighted by Gasteiger charge is 2.33. The number of hydrogen-bond acceptors (Lipinski definition) is 3. The summed E-state index contributed by atoms with van der Waals surface area (Å²) in [4.78, 5) is 7.47. The summed E-state index contributed by atoms with van der Waals surface area (Å²) in [5.41, 5.74) is 1.24. The highest BCUT2D eigenvalue weighted by atomic mass is 127. The van der Waals surface area contributed by atoms with E-state index in [-0.39, 0.29) is 30.0 Å². The van der Waals surface area contributed by atoms with Crippen LogP contribution in [0.3, 0.4) is 0 Å². The molecule has 3 unspecified atom stereocenters. The molecule has 0 spiro atoms. The van der Waals surface area contributed by atoms with E-state index in [4.69, 9.17) is 9.73 Å². The molecule has 2 fully saturated rings. The number of likely N-dealkylation sites (tertiary alicyclic amines) is 1. The number of methoxy groups -OCH3 is 1. The van der Waals surface area contributed by atoms with Crippen LogP contribution in [0.2, 0.25) is 0 Å². The molecule has 0 radical (unpaired) electrons. The molecule has 0 aromatic heterocycles. The molecule has 2 N–H and O–H groups in total. The standard InChI is InChI=1S/C20H32N4O.HI/c1-4-21-20(23-17-13-15(17)2)22-14-18(24-11-7-8-12-24)16-9-5-6-10-19(16)25-3;/h5-6,9-10,15,17-18H,4,7-8,11-14H2,1-3H3,(H2,21,22,23);1H. The summed E-state index contributed by atoms with van der Waals surface area (Å²) in [5.74, 6) is 2.66. The van der Waals surface area contributed by atoms with E-state index in [1.807, 2.05) is 6.07 Å². The summed E-state index contributed by atoms with van der Waals surface area (Å²) in [6, 6.07) is 9.21. The maximum atomic E-state index is 5.62. The van der Waals surface area contributed by atoms with Crippen molar-refractivity contribution in [2.75, 3.05) is 33.3 Å². The third kappa shape index (κ3) is 5.49. The third-order valence-corrected chi connectivity index (χ3v) is 5.28. The van der Waals surface area contributed by atoms with Gasteiger partial charge in [-0.15, -0.1) is 24.0 Å². The molecule has 1 saturated heterocycles. The molecule has 3 rings (SSSR count). The quantitative estimate of drug-likeness (QED) is 0.363. The number of hydrogen-bond donors (Lipinski definition) is 2. The normalized spacial score (nSPS) is 23.9. The van der Waals surface area contributed by atoms with Gasteiger partial charge in [0.1, 0.15) is 5.75 Å². The van der Waals surface area contributed by atoms with Crippen LogP contribution in [0.25, 0.3) is 0 Å². The molecule has 26 heavy (non-hydrogen) atoms. The van der Waals surface area contributed by atoms with E-state index in [2.05, 4.69) is 47.6 Å². The Balaban J connectivity index is 0.00000243. The molecule has 1 aliphatic heterocycles. The smallest absolute Gasteiger partial charge is 0.191 e. The average molecular weight is 472 g/mol.